The monoisotopic (exact) mass is 398 g/mol. The quantitative estimate of drug-likeness (QED) is 0.738. The lowest BCUT2D eigenvalue weighted by atomic mass is 9.81. The molecule has 2 fully saturated rings. The highest BCUT2D eigenvalue weighted by molar-refractivity contribution is 7.89. The van der Waals surface area contributed by atoms with E-state index in [2.05, 4.69) is 10.0 Å². The molecule has 3 rings (SSSR count). The van der Waals surface area contributed by atoms with Gasteiger partial charge >= 0.3 is 0 Å². The van der Waals surface area contributed by atoms with Gasteiger partial charge in [0.05, 0.1) is 11.0 Å². The van der Waals surface area contributed by atoms with E-state index in [9.17, 15) is 17.6 Å². The predicted octanol–water partition coefficient (Wildman–Crippen LogP) is 2.21. The predicted molar refractivity (Wildman–Crippen MR) is 99.0 cm³/mol. The summed E-state index contributed by atoms with van der Waals surface area (Å²) in [5.41, 5.74) is 0. The second-order valence-corrected chi connectivity index (χ2v) is 9.17. The van der Waals surface area contributed by atoms with Gasteiger partial charge in [0.15, 0.2) is 0 Å². The van der Waals surface area contributed by atoms with E-state index >= 15 is 0 Å². The average molecular weight is 399 g/mol. The van der Waals surface area contributed by atoms with Gasteiger partial charge in [-0.25, -0.2) is 17.5 Å². The summed E-state index contributed by atoms with van der Waals surface area (Å²) < 4.78 is 45.6. The molecule has 27 heavy (non-hydrogen) atoms. The zero-order valence-electron chi connectivity index (χ0n) is 15.3. The third-order valence-electron chi connectivity index (χ3n) is 5.43. The van der Waals surface area contributed by atoms with E-state index in [1.807, 2.05) is 0 Å². The Hall–Kier alpha value is -1.51. The van der Waals surface area contributed by atoms with Crippen LogP contribution in [-0.2, 0) is 19.6 Å². The van der Waals surface area contributed by atoms with Crippen LogP contribution in [0.1, 0.15) is 38.5 Å². The molecular formula is C19H27FN2O4S. The molecule has 0 bridgehead atoms. The summed E-state index contributed by atoms with van der Waals surface area (Å²) in [6.45, 7) is 1.69. The van der Waals surface area contributed by atoms with Crippen molar-refractivity contribution in [2.24, 2.45) is 11.8 Å². The minimum absolute atomic E-state index is 0.00337. The van der Waals surface area contributed by atoms with E-state index in [0.717, 1.165) is 57.3 Å². The normalized spacial score (nSPS) is 26.0. The third kappa shape index (κ3) is 5.73. The number of halogens is 1. The van der Waals surface area contributed by atoms with Gasteiger partial charge in [0.2, 0.25) is 15.9 Å². The first-order chi connectivity index (χ1) is 12.9. The first-order valence-electron chi connectivity index (χ1n) is 9.58. The molecule has 1 aromatic rings. The molecule has 6 nitrogen and oxygen atoms in total. The highest BCUT2D eigenvalue weighted by Crippen LogP contribution is 2.29. The SMILES string of the molecule is O=C(NC[C@H]1CCCO1)C1CCC(CNS(=O)(=O)c2ccc(F)cc2)CC1. The Morgan fingerprint density at radius 3 is 2.41 bits per heavy atom. The van der Waals surface area contributed by atoms with Crippen molar-refractivity contribution in [1.29, 1.82) is 0 Å². The van der Waals surface area contributed by atoms with Crippen LogP contribution >= 0.6 is 0 Å². The summed E-state index contributed by atoms with van der Waals surface area (Å²) in [5, 5.41) is 2.99. The zero-order valence-corrected chi connectivity index (χ0v) is 16.1. The Kier molecular flexibility index (Phi) is 6.83. The number of benzene rings is 1. The van der Waals surface area contributed by atoms with Gasteiger partial charge in [-0.2, -0.15) is 0 Å². The summed E-state index contributed by atoms with van der Waals surface area (Å²) in [5.74, 6) is -0.181. The molecule has 0 aromatic heterocycles. The fourth-order valence-corrected chi connectivity index (χ4v) is 4.83. The molecule has 1 atom stereocenters. The van der Waals surface area contributed by atoms with Gasteiger partial charge in [-0.15, -0.1) is 0 Å². The lowest BCUT2D eigenvalue weighted by molar-refractivity contribution is -0.126. The lowest BCUT2D eigenvalue weighted by Crippen LogP contribution is -2.38. The van der Waals surface area contributed by atoms with Gasteiger partial charge in [0, 0.05) is 25.6 Å². The van der Waals surface area contributed by atoms with Crippen LogP contribution < -0.4 is 10.0 Å². The fraction of sp³-hybridized carbons (Fsp3) is 0.632. The van der Waals surface area contributed by atoms with Gasteiger partial charge in [-0.05, 0) is 68.7 Å². The molecule has 1 heterocycles. The number of hydrogen-bond acceptors (Lipinski definition) is 4. The first-order valence-corrected chi connectivity index (χ1v) is 11.1. The van der Waals surface area contributed by atoms with Crippen LogP contribution in [-0.4, -0.2) is 40.1 Å². The van der Waals surface area contributed by atoms with Gasteiger partial charge in [0.25, 0.3) is 0 Å². The second-order valence-electron chi connectivity index (χ2n) is 7.40. The number of amides is 1. The highest BCUT2D eigenvalue weighted by Gasteiger charge is 2.28. The van der Waals surface area contributed by atoms with Crippen molar-refractivity contribution in [3.8, 4) is 0 Å². The second kappa shape index (κ2) is 9.12. The van der Waals surface area contributed by atoms with Gasteiger partial charge in [-0.3, -0.25) is 4.79 Å². The third-order valence-corrected chi connectivity index (χ3v) is 6.87. The summed E-state index contributed by atoms with van der Waals surface area (Å²) in [6, 6.07) is 4.78. The minimum atomic E-state index is -3.63. The maximum atomic E-state index is 12.9. The van der Waals surface area contributed by atoms with Crippen molar-refractivity contribution in [2.45, 2.75) is 49.5 Å². The van der Waals surface area contributed by atoms with E-state index in [-0.39, 0.29) is 28.7 Å². The standard InChI is InChI=1S/C19H27FN2O4S/c20-16-7-9-18(10-8-16)27(24,25)22-12-14-3-5-15(6-4-14)19(23)21-13-17-2-1-11-26-17/h7-10,14-15,17,22H,1-6,11-13H2,(H,21,23)/t14?,15?,17-/m1/s1. The molecule has 1 saturated heterocycles. The summed E-state index contributed by atoms with van der Waals surface area (Å²) in [4.78, 5) is 12.3. The van der Waals surface area contributed by atoms with Crippen molar-refractivity contribution < 1.29 is 22.3 Å². The molecule has 0 radical (unpaired) electrons. The summed E-state index contributed by atoms with van der Waals surface area (Å²) in [7, 11) is -3.63. The molecule has 2 aliphatic rings. The molecule has 1 saturated carbocycles. The van der Waals surface area contributed by atoms with Crippen molar-refractivity contribution in [2.75, 3.05) is 19.7 Å². The number of rotatable bonds is 7. The first kappa shape index (κ1) is 20.2. The topological polar surface area (TPSA) is 84.5 Å². The molecule has 8 heteroatoms. The zero-order chi connectivity index (χ0) is 19.3. The molecule has 1 amide bonds. The van der Waals surface area contributed by atoms with Crippen LogP contribution in [0.3, 0.4) is 0 Å². The van der Waals surface area contributed by atoms with E-state index in [1.165, 1.54) is 12.1 Å². The van der Waals surface area contributed by atoms with Crippen LogP contribution in [0.5, 0.6) is 0 Å². The number of sulfonamides is 1. The maximum Gasteiger partial charge on any atom is 0.240 e. The summed E-state index contributed by atoms with van der Waals surface area (Å²) in [6.07, 6.45) is 5.35. The van der Waals surface area contributed by atoms with E-state index < -0.39 is 15.8 Å². The molecule has 150 valence electrons. The van der Waals surface area contributed by atoms with Crippen LogP contribution in [0.4, 0.5) is 4.39 Å². The van der Waals surface area contributed by atoms with Crippen LogP contribution in [0.2, 0.25) is 0 Å². The Morgan fingerprint density at radius 2 is 1.78 bits per heavy atom. The van der Waals surface area contributed by atoms with Crippen LogP contribution in [0, 0.1) is 17.7 Å². The van der Waals surface area contributed by atoms with Crippen molar-refractivity contribution in [3.05, 3.63) is 30.1 Å². The Morgan fingerprint density at radius 1 is 1.07 bits per heavy atom. The average Bonchev–Trinajstić information content (AvgIpc) is 3.19. The van der Waals surface area contributed by atoms with Crippen molar-refractivity contribution in [1.82, 2.24) is 10.0 Å². The highest BCUT2D eigenvalue weighted by atomic mass is 32.2. The smallest absolute Gasteiger partial charge is 0.240 e. The molecule has 0 spiro atoms. The van der Waals surface area contributed by atoms with Gasteiger partial charge in [-0.1, -0.05) is 0 Å². The summed E-state index contributed by atoms with van der Waals surface area (Å²) >= 11 is 0. The number of nitrogens with one attached hydrogen (secondary N) is 2. The maximum absolute atomic E-state index is 12.9. The molecule has 1 aromatic carbocycles. The Labute approximate surface area is 159 Å². The van der Waals surface area contributed by atoms with Gasteiger partial charge in [0.1, 0.15) is 5.82 Å². The van der Waals surface area contributed by atoms with E-state index in [1.54, 1.807) is 0 Å². The fourth-order valence-electron chi connectivity index (χ4n) is 3.72. The number of hydrogen-bond donors (Lipinski definition) is 2. The van der Waals surface area contributed by atoms with Gasteiger partial charge < -0.3 is 10.1 Å². The van der Waals surface area contributed by atoms with Crippen molar-refractivity contribution in [3.63, 3.8) is 0 Å². The van der Waals surface area contributed by atoms with Crippen LogP contribution in [0.25, 0.3) is 0 Å². The van der Waals surface area contributed by atoms with E-state index in [4.69, 9.17) is 4.74 Å². The van der Waals surface area contributed by atoms with Crippen LogP contribution in [0.15, 0.2) is 29.2 Å². The molecule has 0 unspecified atom stereocenters. The minimum Gasteiger partial charge on any atom is -0.376 e. The van der Waals surface area contributed by atoms with E-state index in [0.29, 0.717) is 13.1 Å². The number of carbonyl (C=O) groups is 1. The molecule has 1 aliphatic carbocycles. The molecule has 2 N–H and O–H groups in total. The Balaban J connectivity index is 1.40. The number of ether oxygens (including phenoxy) is 1. The molecule has 1 aliphatic heterocycles. The molecular weight excluding hydrogens is 371 g/mol. The largest absolute Gasteiger partial charge is 0.376 e. The Bertz CT molecular complexity index is 725. The van der Waals surface area contributed by atoms with Crippen molar-refractivity contribution >= 4 is 15.9 Å². The number of carbonyl (C=O) groups excluding carboxylic acids is 1. The lowest BCUT2D eigenvalue weighted by Gasteiger charge is -2.28.